The van der Waals surface area contributed by atoms with Crippen LogP contribution in [-0.4, -0.2) is 47.5 Å². The smallest absolute Gasteiger partial charge is 0.265 e. The summed E-state index contributed by atoms with van der Waals surface area (Å²) < 4.78 is 29.1. The maximum absolute atomic E-state index is 10.6. The number of Topliss-reactive ketones (excluding diaryl/α,β-unsaturated/α-hetero) is 1. The zero-order chi connectivity index (χ0) is 11.7. The first-order valence-corrected chi connectivity index (χ1v) is 9.44. The van der Waals surface area contributed by atoms with Gasteiger partial charge >= 0.3 is 0 Å². The van der Waals surface area contributed by atoms with E-state index >= 15 is 0 Å². The summed E-state index contributed by atoms with van der Waals surface area (Å²) in [7, 11) is -0.844. The highest BCUT2D eigenvalue weighted by atomic mass is 33.1. The number of carbonyl (C=O) groups is 1. The van der Waals surface area contributed by atoms with Gasteiger partial charge in [0, 0.05) is 17.3 Å². The molecule has 0 unspecified atom stereocenters. The minimum atomic E-state index is -3.82. The van der Waals surface area contributed by atoms with Crippen molar-refractivity contribution in [3.05, 3.63) is 0 Å². The average Bonchev–Trinajstić information content (AvgIpc) is 2.07. The van der Waals surface area contributed by atoms with E-state index in [-0.39, 0.29) is 11.5 Å². The summed E-state index contributed by atoms with van der Waals surface area (Å²) in [5, 5.41) is 0. The molecule has 0 aromatic carbocycles. The molecule has 0 bridgehead atoms. The van der Waals surface area contributed by atoms with Gasteiger partial charge in [0.15, 0.2) is 0 Å². The van der Waals surface area contributed by atoms with Gasteiger partial charge in [-0.1, -0.05) is 21.6 Å². The Morgan fingerprint density at radius 3 is 2.33 bits per heavy atom. The van der Waals surface area contributed by atoms with Crippen LogP contribution in [0.1, 0.15) is 6.92 Å². The van der Waals surface area contributed by atoms with Crippen LogP contribution in [0.25, 0.3) is 0 Å². The van der Waals surface area contributed by atoms with E-state index in [2.05, 4.69) is 0 Å². The fourth-order valence-corrected chi connectivity index (χ4v) is 5.02. The highest BCUT2D eigenvalue weighted by Gasteiger charge is 2.03. The van der Waals surface area contributed by atoms with E-state index in [1.807, 2.05) is 0 Å². The van der Waals surface area contributed by atoms with Crippen molar-refractivity contribution in [3.63, 3.8) is 0 Å². The van der Waals surface area contributed by atoms with E-state index in [1.54, 1.807) is 29.5 Å². The molecule has 0 amide bonds. The van der Waals surface area contributed by atoms with Crippen LogP contribution in [0.4, 0.5) is 0 Å². The number of hydrogen-bond donors (Lipinski definition) is 1. The lowest BCUT2D eigenvalue weighted by Gasteiger charge is -1.99. The van der Waals surface area contributed by atoms with Gasteiger partial charge in [-0.2, -0.15) is 20.2 Å². The molecule has 0 fully saturated rings. The predicted molar refractivity (Wildman–Crippen MR) is 69.3 cm³/mol. The van der Waals surface area contributed by atoms with Gasteiger partial charge in [0.1, 0.15) is 5.78 Å². The quantitative estimate of drug-likeness (QED) is 0.392. The third-order valence-electron chi connectivity index (χ3n) is 1.12. The standard InChI is InChI=1S/C7H14O4S4/c1-7(8)6-12-2-3-13-14-4-5-15(9,10)11/h2-6H2,1H3,(H,9,10,11). The van der Waals surface area contributed by atoms with E-state index in [9.17, 15) is 13.2 Å². The van der Waals surface area contributed by atoms with Gasteiger partial charge in [0.25, 0.3) is 10.1 Å². The predicted octanol–water partition coefficient (Wildman–Crippen LogP) is 1.58. The van der Waals surface area contributed by atoms with E-state index < -0.39 is 10.1 Å². The van der Waals surface area contributed by atoms with Crippen LogP contribution >= 0.6 is 33.3 Å². The third kappa shape index (κ3) is 14.6. The molecule has 0 aromatic heterocycles. The summed E-state index contributed by atoms with van der Waals surface area (Å²) in [5.74, 6) is 2.64. The summed E-state index contributed by atoms with van der Waals surface area (Å²) in [6.07, 6.45) is 0. The Labute approximate surface area is 102 Å². The van der Waals surface area contributed by atoms with Gasteiger partial charge in [-0.3, -0.25) is 9.35 Å². The Balaban J connectivity index is 3.16. The number of carbonyl (C=O) groups excluding carboxylic acids is 1. The Hall–Kier alpha value is 0.630. The molecule has 0 radical (unpaired) electrons. The van der Waals surface area contributed by atoms with Crippen LogP contribution in [-0.2, 0) is 14.9 Å². The van der Waals surface area contributed by atoms with E-state index in [4.69, 9.17) is 4.55 Å². The monoisotopic (exact) mass is 290 g/mol. The van der Waals surface area contributed by atoms with Gasteiger partial charge in [0.2, 0.25) is 0 Å². The third-order valence-corrected chi connectivity index (χ3v) is 5.87. The van der Waals surface area contributed by atoms with E-state index in [0.29, 0.717) is 11.5 Å². The largest absolute Gasteiger partial charge is 0.299 e. The van der Waals surface area contributed by atoms with Crippen molar-refractivity contribution >= 4 is 49.3 Å². The fourth-order valence-electron chi connectivity index (χ4n) is 0.566. The molecule has 0 aliphatic carbocycles. The molecule has 90 valence electrons. The highest BCUT2D eigenvalue weighted by molar-refractivity contribution is 8.76. The van der Waals surface area contributed by atoms with Crippen LogP contribution in [0.5, 0.6) is 0 Å². The molecule has 1 N–H and O–H groups in total. The molecular formula is C7H14O4S4. The topological polar surface area (TPSA) is 71.4 Å². The number of hydrogen-bond acceptors (Lipinski definition) is 6. The van der Waals surface area contributed by atoms with Crippen molar-refractivity contribution < 1.29 is 17.8 Å². The maximum Gasteiger partial charge on any atom is 0.265 e. The summed E-state index contributed by atoms with van der Waals surface area (Å²) >= 11 is 1.57. The van der Waals surface area contributed by atoms with E-state index in [0.717, 1.165) is 11.5 Å². The first-order valence-electron chi connectivity index (χ1n) is 4.18. The van der Waals surface area contributed by atoms with Gasteiger partial charge in [0.05, 0.1) is 11.5 Å². The van der Waals surface area contributed by atoms with Crippen LogP contribution in [0.2, 0.25) is 0 Å². The summed E-state index contributed by atoms with van der Waals surface area (Å²) in [4.78, 5) is 10.6. The second-order valence-electron chi connectivity index (χ2n) is 2.68. The van der Waals surface area contributed by atoms with Crippen LogP contribution < -0.4 is 0 Å². The zero-order valence-corrected chi connectivity index (χ0v) is 11.6. The van der Waals surface area contributed by atoms with Gasteiger partial charge in [-0.25, -0.2) is 0 Å². The Kier molecular flexibility index (Phi) is 9.11. The molecule has 0 atom stereocenters. The van der Waals surface area contributed by atoms with Crippen molar-refractivity contribution in [2.45, 2.75) is 6.92 Å². The lowest BCUT2D eigenvalue weighted by Crippen LogP contribution is -2.05. The molecule has 0 saturated heterocycles. The molecule has 0 aromatic rings. The van der Waals surface area contributed by atoms with Gasteiger partial charge in [-0.15, -0.1) is 0 Å². The Bertz CT molecular complexity index is 275. The first kappa shape index (κ1) is 15.6. The van der Waals surface area contributed by atoms with Gasteiger partial charge < -0.3 is 0 Å². The molecular weight excluding hydrogens is 276 g/mol. The lowest BCUT2D eigenvalue weighted by molar-refractivity contribution is -0.114. The molecule has 0 aliphatic heterocycles. The normalized spacial score (nSPS) is 11.6. The number of ketones is 1. The highest BCUT2D eigenvalue weighted by Crippen LogP contribution is 2.22. The van der Waals surface area contributed by atoms with Crippen molar-refractivity contribution in [3.8, 4) is 0 Å². The molecule has 0 heterocycles. The maximum atomic E-state index is 10.6. The minimum absolute atomic E-state index is 0.170. The fraction of sp³-hybridized carbons (Fsp3) is 0.857. The summed E-state index contributed by atoms with van der Waals surface area (Å²) in [6.45, 7) is 1.56. The van der Waals surface area contributed by atoms with Crippen molar-refractivity contribution in [1.29, 1.82) is 0 Å². The van der Waals surface area contributed by atoms with Crippen molar-refractivity contribution in [1.82, 2.24) is 0 Å². The molecule has 0 spiro atoms. The van der Waals surface area contributed by atoms with Crippen LogP contribution in [0.15, 0.2) is 0 Å². The van der Waals surface area contributed by atoms with Gasteiger partial charge in [-0.05, 0) is 6.92 Å². The molecule has 0 aliphatic rings. The SMILES string of the molecule is CC(=O)CSCCSSCCS(=O)(=O)O. The van der Waals surface area contributed by atoms with Crippen molar-refractivity contribution in [2.75, 3.05) is 28.8 Å². The number of rotatable bonds is 9. The Morgan fingerprint density at radius 2 is 1.80 bits per heavy atom. The average molecular weight is 290 g/mol. The minimum Gasteiger partial charge on any atom is -0.299 e. The molecule has 8 heteroatoms. The second kappa shape index (κ2) is 8.74. The molecule has 0 saturated carbocycles. The number of thioether (sulfide) groups is 1. The van der Waals surface area contributed by atoms with Crippen molar-refractivity contribution in [2.24, 2.45) is 0 Å². The first-order chi connectivity index (χ1) is 6.92. The van der Waals surface area contributed by atoms with Crippen LogP contribution in [0.3, 0.4) is 0 Å². The van der Waals surface area contributed by atoms with E-state index in [1.165, 1.54) is 10.8 Å². The molecule has 4 nitrogen and oxygen atoms in total. The van der Waals surface area contributed by atoms with Crippen LogP contribution in [0, 0.1) is 0 Å². The molecule has 0 rings (SSSR count). The molecule has 15 heavy (non-hydrogen) atoms. The zero-order valence-electron chi connectivity index (χ0n) is 8.34. The summed E-state index contributed by atoms with van der Waals surface area (Å²) in [6, 6.07) is 0. The summed E-state index contributed by atoms with van der Waals surface area (Å²) in [5.41, 5.74) is 0. The lowest BCUT2D eigenvalue weighted by atomic mass is 10.5. The second-order valence-corrected chi connectivity index (χ2v) is 8.06. The Morgan fingerprint density at radius 1 is 1.20 bits per heavy atom.